The van der Waals surface area contributed by atoms with Crippen LogP contribution in [0.25, 0.3) is 11.4 Å². The van der Waals surface area contributed by atoms with E-state index < -0.39 is 0 Å². The summed E-state index contributed by atoms with van der Waals surface area (Å²) in [5.74, 6) is 0.975. The average Bonchev–Trinajstić information content (AvgIpc) is 3.02. The molecule has 0 aliphatic carbocycles. The van der Waals surface area contributed by atoms with E-state index in [1.54, 1.807) is 18.0 Å². The van der Waals surface area contributed by atoms with E-state index in [0.717, 1.165) is 35.0 Å². The summed E-state index contributed by atoms with van der Waals surface area (Å²) in [5, 5.41) is 8.74. The zero-order chi connectivity index (χ0) is 14.3. The Morgan fingerprint density at radius 3 is 2.62 bits per heavy atom. The smallest absolute Gasteiger partial charge is 0.170 e. The fraction of sp³-hybridized carbons (Fsp3) is 0.188. The van der Waals surface area contributed by atoms with Crippen LogP contribution in [0.4, 0.5) is 0 Å². The number of aryl methyl sites for hydroxylation is 1. The zero-order valence-corrected chi connectivity index (χ0v) is 12.3. The van der Waals surface area contributed by atoms with Gasteiger partial charge in [0, 0.05) is 11.9 Å². The van der Waals surface area contributed by atoms with Gasteiger partial charge in [-0.2, -0.15) is 0 Å². The van der Waals surface area contributed by atoms with Gasteiger partial charge >= 0.3 is 0 Å². The molecule has 0 fully saturated rings. The molecular formula is C16H15N3OS. The van der Waals surface area contributed by atoms with Crippen LogP contribution in [0.3, 0.4) is 0 Å². The van der Waals surface area contributed by atoms with Gasteiger partial charge in [0.2, 0.25) is 0 Å². The summed E-state index contributed by atoms with van der Waals surface area (Å²) in [6.07, 6.45) is 3.90. The Morgan fingerprint density at radius 2 is 1.81 bits per heavy atom. The number of rotatable bonds is 6. The highest BCUT2D eigenvalue weighted by Gasteiger charge is 2.13. The van der Waals surface area contributed by atoms with Crippen LogP contribution in [0.5, 0.6) is 0 Å². The highest BCUT2D eigenvalue weighted by atomic mass is 32.2. The molecule has 0 unspecified atom stereocenters. The van der Waals surface area contributed by atoms with Gasteiger partial charge in [0.25, 0.3) is 0 Å². The highest BCUT2D eigenvalue weighted by molar-refractivity contribution is 7.99. The molecule has 0 aliphatic heterocycles. The van der Waals surface area contributed by atoms with E-state index >= 15 is 0 Å². The minimum atomic E-state index is 0.723. The molecule has 3 rings (SSSR count). The molecule has 21 heavy (non-hydrogen) atoms. The molecule has 3 aromatic rings. The van der Waals surface area contributed by atoms with Gasteiger partial charge in [0.05, 0.1) is 5.69 Å². The Hall–Kier alpha value is -2.14. The molecule has 0 radical (unpaired) electrons. The number of pyridine rings is 1. The van der Waals surface area contributed by atoms with Crippen molar-refractivity contribution in [2.75, 3.05) is 5.75 Å². The Kier molecular flexibility index (Phi) is 4.63. The normalized spacial score (nSPS) is 10.7. The second-order valence-electron chi connectivity index (χ2n) is 4.57. The number of nitrogens with zero attached hydrogens (tertiary/aromatic N) is 3. The Labute approximate surface area is 127 Å². The molecule has 0 spiro atoms. The molecule has 2 heterocycles. The fourth-order valence-corrected chi connectivity index (χ4v) is 2.87. The average molecular weight is 297 g/mol. The van der Waals surface area contributed by atoms with Gasteiger partial charge in [-0.3, -0.25) is 4.98 Å². The first-order valence-electron chi connectivity index (χ1n) is 6.84. The minimum absolute atomic E-state index is 0.723. The third-order valence-corrected chi connectivity index (χ3v) is 4.09. The molecule has 0 atom stereocenters. The van der Waals surface area contributed by atoms with Crippen molar-refractivity contribution in [3.8, 4) is 11.4 Å². The van der Waals surface area contributed by atoms with Crippen LogP contribution in [0, 0.1) is 0 Å². The lowest BCUT2D eigenvalue weighted by molar-refractivity contribution is 0.299. The van der Waals surface area contributed by atoms with Crippen molar-refractivity contribution in [1.29, 1.82) is 0 Å². The first kappa shape index (κ1) is 13.8. The van der Waals surface area contributed by atoms with Crippen molar-refractivity contribution in [2.24, 2.45) is 0 Å². The molecule has 0 aliphatic rings. The zero-order valence-electron chi connectivity index (χ0n) is 11.5. The lowest BCUT2D eigenvalue weighted by atomic mass is 10.1. The molecule has 4 nitrogen and oxygen atoms in total. The third-order valence-electron chi connectivity index (χ3n) is 3.06. The van der Waals surface area contributed by atoms with Crippen LogP contribution in [0.1, 0.15) is 12.0 Å². The SMILES string of the molecule is c1ccc(CCCSc2nonc2-c2ccccn2)cc1. The molecule has 0 saturated heterocycles. The summed E-state index contributed by atoms with van der Waals surface area (Å²) in [4.78, 5) is 4.28. The van der Waals surface area contributed by atoms with E-state index in [1.807, 2.05) is 24.3 Å². The van der Waals surface area contributed by atoms with Crippen LogP contribution in [0.2, 0.25) is 0 Å². The molecule has 5 heteroatoms. The van der Waals surface area contributed by atoms with Gasteiger partial charge in [0.15, 0.2) is 10.7 Å². The van der Waals surface area contributed by atoms with Gasteiger partial charge in [0.1, 0.15) is 0 Å². The van der Waals surface area contributed by atoms with Crippen LogP contribution in [-0.2, 0) is 6.42 Å². The van der Waals surface area contributed by atoms with Crippen molar-refractivity contribution >= 4 is 11.8 Å². The number of hydrogen-bond donors (Lipinski definition) is 0. The summed E-state index contributed by atoms with van der Waals surface area (Å²) in [6.45, 7) is 0. The number of aromatic nitrogens is 3. The van der Waals surface area contributed by atoms with Crippen molar-refractivity contribution in [3.05, 3.63) is 60.3 Å². The molecule has 0 N–H and O–H groups in total. The molecule has 0 amide bonds. The summed E-state index contributed by atoms with van der Waals surface area (Å²) >= 11 is 1.66. The summed E-state index contributed by atoms with van der Waals surface area (Å²) in [5.41, 5.74) is 2.88. The predicted molar refractivity (Wildman–Crippen MR) is 83.0 cm³/mol. The second kappa shape index (κ2) is 7.04. The Balaban J connectivity index is 1.56. The molecule has 2 aromatic heterocycles. The lowest BCUT2D eigenvalue weighted by Crippen LogP contribution is -1.89. The molecule has 1 aromatic carbocycles. The van der Waals surface area contributed by atoms with Crippen molar-refractivity contribution in [3.63, 3.8) is 0 Å². The van der Waals surface area contributed by atoms with Gasteiger partial charge < -0.3 is 0 Å². The Bertz CT molecular complexity index is 670. The van der Waals surface area contributed by atoms with Crippen molar-refractivity contribution < 1.29 is 4.63 Å². The largest absolute Gasteiger partial charge is 0.254 e. The fourth-order valence-electron chi connectivity index (χ4n) is 2.02. The molecular weight excluding hydrogens is 282 g/mol. The van der Waals surface area contributed by atoms with Gasteiger partial charge in [-0.05, 0) is 40.9 Å². The maximum atomic E-state index is 4.85. The maximum absolute atomic E-state index is 4.85. The van der Waals surface area contributed by atoms with Gasteiger partial charge in [-0.1, -0.05) is 36.4 Å². The minimum Gasteiger partial charge on any atom is -0.254 e. The monoisotopic (exact) mass is 297 g/mol. The van der Waals surface area contributed by atoms with E-state index in [4.69, 9.17) is 4.63 Å². The second-order valence-corrected chi connectivity index (χ2v) is 5.65. The standard InChI is InChI=1S/C16H15N3OS/c1-2-7-13(8-3-1)9-6-12-21-16-15(18-20-19-16)14-10-4-5-11-17-14/h1-5,7-8,10-11H,6,9,12H2. The third kappa shape index (κ3) is 3.70. The predicted octanol–water partition coefficient (Wildman–Crippen LogP) is 3.86. The number of thioether (sulfide) groups is 1. The van der Waals surface area contributed by atoms with E-state index in [0.29, 0.717) is 0 Å². The van der Waals surface area contributed by atoms with Crippen LogP contribution < -0.4 is 0 Å². The van der Waals surface area contributed by atoms with Crippen LogP contribution in [-0.4, -0.2) is 21.1 Å². The lowest BCUT2D eigenvalue weighted by Gasteiger charge is -2.01. The van der Waals surface area contributed by atoms with Crippen LogP contribution >= 0.6 is 11.8 Å². The van der Waals surface area contributed by atoms with Crippen molar-refractivity contribution in [2.45, 2.75) is 17.9 Å². The number of benzene rings is 1. The number of hydrogen-bond acceptors (Lipinski definition) is 5. The van der Waals surface area contributed by atoms with Gasteiger partial charge in [-0.25, -0.2) is 4.63 Å². The maximum Gasteiger partial charge on any atom is 0.170 e. The first-order chi connectivity index (χ1) is 10.4. The van der Waals surface area contributed by atoms with E-state index in [1.165, 1.54) is 5.56 Å². The summed E-state index contributed by atoms with van der Waals surface area (Å²) in [7, 11) is 0. The quantitative estimate of drug-likeness (QED) is 0.511. The first-order valence-corrected chi connectivity index (χ1v) is 7.83. The molecule has 106 valence electrons. The van der Waals surface area contributed by atoms with Crippen molar-refractivity contribution in [1.82, 2.24) is 15.3 Å². The molecule has 0 saturated carbocycles. The van der Waals surface area contributed by atoms with E-state index in [9.17, 15) is 0 Å². The Morgan fingerprint density at radius 1 is 0.952 bits per heavy atom. The van der Waals surface area contributed by atoms with Crippen LogP contribution in [0.15, 0.2) is 64.4 Å². The highest BCUT2D eigenvalue weighted by Crippen LogP contribution is 2.27. The summed E-state index contributed by atoms with van der Waals surface area (Å²) < 4.78 is 4.85. The van der Waals surface area contributed by atoms with E-state index in [2.05, 4.69) is 39.6 Å². The van der Waals surface area contributed by atoms with Gasteiger partial charge in [-0.15, -0.1) is 11.8 Å². The molecule has 0 bridgehead atoms. The topological polar surface area (TPSA) is 51.8 Å². The summed E-state index contributed by atoms with van der Waals surface area (Å²) in [6, 6.07) is 16.2. The van der Waals surface area contributed by atoms with E-state index in [-0.39, 0.29) is 0 Å².